The zero-order valence-corrected chi connectivity index (χ0v) is 16.2. The molecule has 1 aromatic carbocycles. The van der Waals surface area contributed by atoms with Crippen LogP contribution in [0.3, 0.4) is 0 Å². The van der Waals surface area contributed by atoms with Gasteiger partial charge in [-0.3, -0.25) is 9.89 Å². The van der Waals surface area contributed by atoms with E-state index in [1.165, 1.54) is 0 Å². The van der Waals surface area contributed by atoms with Gasteiger partial charge in [-0.05, 0) is 32.9 Å². The fraction of sp³-hybridized carbons (Fsp3) is 0.238. The van der Waals surface area contributed by atoms with E-state index in [4.69, 9.17) is 4.52 Å². The Morgan fingerprint density at radius 3 is 2.68 bits per heavy atom. The number of benzene rings is 1. The highest BCUT2D eigenvalue weighted by atomic mass is 16.5. The number of rotatable bonds is 4. The van der Waals surface area contributed by atoms with Gasteiger partial charge >= 0.3 is 0 Å². The van der Waals surface area contributed by atoms with Crippen LogP contribution in [-0.2, 0) is 0 Å². The molecule has 0 bridgehead atoms. The standard InChI is InChI=1S/C21H21N5O2/c1-12-10-16(19-13(2)25-28-20(19)22-12)21(27)26(4)14(3)17-11-18(24-23-17)15-8-6-5-7-9-15/h5-11,14H,1-4H3,(H,23,24)/t14-/m0/s1. The predicted octanol–water partition coefficient (Wildman–Crippen LogP) is 4.06. The smallest absolute Gasteiger partial charge is 0.258 e. The first-order valence-corrected chi connectivity index (χ1v) is 9.07. The number of nitrogens with zero attached hydrogens (tertiary/aromatic N) is 4. The maximum absolute atomic E-state index is 13.2. The highest BCUT2D eigenvalue weighted by Crippen LogP contribution is 2.27. The van der Waals surface area contributed by atoms with E-state index in [0.717, 1.165) is 17.0 Å². The second-order valence-corrected chi connectivity index (χ2v) is 6.93. The average molecular weight is 375 g/mol. The second-order valence-electron chi connectivity index (χ2n) is 6.93. The van der Waals surface area contributed by atoms with E-state index in [9.17, 15) is 4.79 Å². The Labute approximate surface area is 162 Å². The molecule has 142 valence electrons. The summed E-state index contributed by atoms with van der Waals surface area (Å²) in [7, 11) is 1.78. The lowest BCUT2D eigenvalue weighted by Crippen LogP contribution is -2.30. The van der Waals surface area contributed by atoms with E-state index in [2.05, 4.69) is 20.3 Å². The van der Waals surface area contributed by atoms with Crippen LogP contribution in [0.15, 0.2) is 47.0 Å². The molecule has 0 aliphatic rings. The van der Waals surface area contributed by atoms with Crippen LogP contribution in [0.1, 0.15) is 40.4 Å². The molecule has 4 rings (SSSR count). The average Bonchev–Trinajstić information content (AvgIpc) is 3.34. The quantitative estimate of drug-likeness (QED) is 0.581. The van der Waals surface area contributed by atoms with Crippen LogP contribution in [0.4, 0.5) is 0 Å². The Balaban J connectivity index is 1.65. The summed E-state index contributed by atoms with van der Waals surface area (Å²) in [5, 5.41) is 12.1. The van der Waals surface area contributed by atoms with E-state index >= 15 is 0 Å². The van der Waals surface area contributed by atoms with Crippen molar-refractivity contribution in [3.63, 3.8) is 0 Å². The number of nitrogens with one attached hydrogen (secondary N) is 1. The molecule has 0 unspecified atom stereocenters. The first kappa shape index (κ1) is 17.9. The maximum atomic E-state index is 13.2. The third-order valence-electron chi connectivity index (χ3n) is 4.99. The number of carbonyl (C=O) groups is 1. The molecular formula is C21H21N5O2. The Morgan fingerprint density at radius 2 is 1.93 bits per heavy atom. The molecular weight excluding hydrogens is 354 g/mol. The third-order valence-corrected chi connectivity index (χ3v) is 4.99. The van der Waals surface area contributed by atoms with Gasteiger partial charge in [0.05, 0.1) is 34.1 Å². The van der Waals surface area contributed by atoms with E-state index in [-0.39, 0.29) is 11.9 Å². The van der Waals surface area contributed by atoms with Crippen LogP contribution in [0.25, 0.3) is 22.4 Å². The number of fused-ring (bicyclic) bond motifs is 1. The fourth-order valence-corrected chi connectivity index (χ4v) is 3.27. The molecule has 1 N–H and O–H groups in total. The molecule has 0 spiro atoms. The molecule has 0 aliphatic heterocycles. The van der Waals surface area contributed by atoms with Crippen molar-refractivity contribution in [2.24, 2.45) is 0 Å². The van der Waals surface area contributed by atoms with Crippen molar-refractivity contribution in [1.29, 1.82) is 0 Å². The van der Waals surface area contributed by atoms with Gasteiger partial charge in [-0.2, -0.15) is 5.10 Å². The SMILES string of the molecule is Cc1cc(C(=O)N(C)[C@@H](C)c2cc(-c3ccccc3)n[nH]2)c2c(C)noc2n1. The van der Waals surface area contributed by atoms with Crippen molar-refractivity contribution >= 4 is 17.0 Å². The van der Waals surface area contributed by atoms with Crippen LogP contribution >= 0.6 is 0 Å². The lowest BCUT2D eigenvalue weighted by atomic mass is 10.1. The number of amides is 1. The molecule has 7 nitrogen and oxygen atoms in total. The summed E-state index contributed by atoms with van der Waals surface area (Å²) in [6.45, 7) is 5.61. The van der Waals surface area contributed by atoms with Crippen LogP contribution in [0.2, 0.25) is 0 Å². The third kappa shape index (κ3) is 3.05. The van der Waals surface area contributed by atoms with Crippen molar-refractivity contribution in [2.45, 2.75) is 26.8 Å². The first-order valence-electron chi connectivity index (χ1n) is 9.07. The fourth-order valence-electron chi connectivity index (χ4n) is 3.27. The van der Waals surface area contributed by atoms with Crippen LogP contribution in [-0.4, -0.2) is 38.2 Å². The van der Waals surface area contributed by atoms with Gasteiger partial charge in [-0.1, -0.05) is 35.5 Å². The molecule has 1 atom stereocenters. The molecule has 3 heterocycles. The minimum Gasteiger partial charge on any atom is -0.336 e. The topological polar surface area (TPSA) is 87.9 Å². The molecule has 0 aliphatic carbocycles. The van der Waals surface area contributed by atoms with Gasteiger partial charge in [0.25, 0.3) is 11.6 Å². The summed E-state index contributed by atoms with van der Waals surface area (Å²) >= 11 is 0. The molecule has 0 saturated heterocycles. The molecule has 1 amide bonds. The van der Waals surface area contributed by atoms with Crippen molar-refractivity contribution < 1.29 is 9.32 Å². The highest BCUT2D eigenvalue weighted by molar-refractivity contribution is 6.06. The molecule has 28 heavy (non-hydrogen) atoms. The summed E-state index contributed by atoms with van der Waals surface area (Å²) in [4.78, 5) is 19.3. The largest absolute Gasteiger partial charge is 0.336 e. The first-order chi connectivity index (χ1) is 13.5. The van der Waals surface area contributed by atoms with E-state index in [1.807, 2.05) is 57.2 Å². The Hall–Kier alpha value is -3.48. The minimum absolute atomic E-state index is 0.120. The van der Waals surface area contributed by atoms with Gasteiger partial charge in [-0.25, -0.2) is 4.98 Å². The molecule has 4 aromatic rings. The normalized spacial score (nSPS) is 12.3. The van der Waals surface area contributed by atoms with Crippen LogP contribution in [0.5, 0.6) is 0 Å². The summed E-state index contributed by atoms with van der Waals surface area (Å²) in [6.07, 6.45) is 0. The molecule has 7 heteroatoms. The summed E-state index contributed by atoms with van der Waals surface area (Å²) in [6, 6.07) is 13.5. The number of hydrogen-bond donors (Lipinski definition) is 1. The Kier molecular flexibility index (Phi) is 4.43. The number of aryl methyl sites for hydroxylation is 2. The number of carbonyl (C=O) groups excluding carboxylic acids is 1. The zero-order valence-electron chi connectivity index (χ0n) is 16.2. The Morgan fingerprint density at radius 1 is 1.18 bits per heavy atom. The van der Waals surface area contributed by atoms with Gasteiger partial charge in [0.1, 0.15) is 0 Å². The van der Waals surface area contributed by atoms with Gasteiger partial charge < -0.3 is 9.42 Å². The van der Waals surface area contributed by atoms with Gasteiger partial charge in [0.2, 0.25) is 0 Å². The summed E-state index contributed by atoms with van der Waals surface area (Å²) in [5.74, 6) is -0.120. The van der Waals surface area contributed by atoms with Crippen molar-refractivity contribution in [3.8, 4) is 11.3 Å². The van der Waals surface area contributed by atoms with Crippen molar-refractivity contribution in [3.05, 3.63) is 65.1 Å². The molecule has 3 aromatic heterocycles. The zero-order chi connectivity index (χ0) is 19.8. The number of aromatic nitrogens is 4. The van der Waals surface area contributed by atoms with Crippen LogP contribution < -0.4 is 0 Å². The van der Waals surface area contributed by atoms with Crippen molar-refractivity contribution in [1.82, 2.24) is 25.2 Å². The summed E-state index contributed by atoms with van der Waals surface area (Å²) < 4.78 is 5.25. The van der Waals surface area contributed by atoms with Gasteiger partial charge in [0.15, 0.2) is 0 Å². The van der Waals surface area contributed by atoms with Gasteiger partial charge in [0, 0.05) is 18.3 Å². The maximum Gasteiger partial charge on any atom is 0.258 e. The number of pyridine rings is 1. The lowest BCUT2D eigenvalue weighted by molar-refractivity contribution is 0.0741. The monoisotopic (exact) mass is 375 g/mol. The number of aromatic amines is 1. The van der Waals surface area contributed by atoms with E-state index in [1.54, 1.807) is 18.0 Å². The van der Waals surface area contributed by atoms with Crippen LogP contribution in [0, 0.1) is 13.8 Å². The molecule has 0 fully saturated rings. The lowest BCUT2D eigenvalue weighted by Gasteiger charge is -2.24. The predicted molar refractivity (Wildman–Crippen MR) is 106 cm³/mol. The molecule has 0 radical (unpaired) electrons. The Bertz CT molecular complexity index is 1150. The van der Waals surface area contributed by atoms with Crippen molar-refractivity contribution in [2.75, 3.05) is 7.05 Å². The molecule has 0 saturated carbocycles. The number of H-pyrrole nitrogens is 1. The minimum atomic E-state index is -0.193. The summed E-state index contributed by atoms with van der Waals surface area (Å²) in [5.41, 5.74) is 5.02. The second kappa shape index (κ2) is 6.92. The number of hydrogen-bond acceptors (Lipinski definition) is 5. The van der Waals surface area contributed by atoms with E-state index < -0.39 is 0 Å². The van der Waals surface area contributed by atoms with Gasteiger partial charge in [-0.15, -0.1) is 0 Å². The van der Waals surface area contributed by atoms with E-state index in [0.29, 0.717) is 28.1 Å². The highest BCUT2D eigenvalue weighted by Gasteiger charge is 2.25.